The van der Waals surface area contributed by atoms with Gasteiger partial charge in [0.25, 0.3) is 0 Å². The number of nitrogens with two attached hydrogens (primary N) is 3. The molecule has 3 aromatic rings. The van der Waals surface area contributed by atoms with Gasteiger partial charge in [-0.2, -0.15) is 10.2 Å². The quantitative estimate of drug-likeness (QED) is 0.443. The Morgan fingerprint density at radius 2 is 1.85 bits per heavy atom. The molecule has 2 aromatic carbocycles. The van der Waals surface area contributed by atoms with E-state index in [1.165, 1.54) is 0 Å². The van der Waals surface area contributed by atoms with Gasteiger partial charge >= 0.3 is 0 Å². The average Bonchev–Trinajstić information content (AvgIpc) is 2.60. The average molecular weight is 364 g/mol. The van der Waals surface area contributed by atoms with E-state index in [4.69, 9.17) is 33.5 Å². The molecular formula is C19H14ClN5O. The van der Waals surface area contributed by atoms with Gasteiger partial charge in [0.15, 0.2) is 0 Å². The van der Waals surface area contributed by atoms with Crippen molar-refractivity contribution in [2.75, 3.05) is 17.2 Å². The molecule has 1 unspecified atom stereocenters. The number of rotatable bonds is 1. The number of pyridine rings is 1. The van der Waals surface area contributed by atoms with Crippen molar-refractivity contribution in [3.05, 3.63) is 69.7 Å². The number of halogens is 1. The van der Waals surface area contributed by atoms with Crippen LogP contribution in [0.5, 0.6) is 11.6 Å². The predicted octanol–water partition coefficient (Wildman–Crippen LogP) is 3.64. The molecule has 2 heterocycles. The van der Waals surface area contributed by atoms with Crippen molar-refractivity contribution in [1.29, 1.82) is 5.26 Å². The van der Waals surface area contributed by atoms with Crippen LogP contribution in [0.15, 0.2) is 42.5 Å². The summed E-state index contributed by atoms with van der Waals surface area (Å²) in [5.41, 5.74) is 21.2. The summed E-state index contributed by atoms with van der Waals surface area (Å²) in [6.45, 7) is 0. The molecule has 1 aromatic heterocycles. The van der Waals surface area contributed by atoms with Crippen LogP contribution in [0.4, 0.5) is 17.2 Å². The molecule has 6 N–H and O–H groups in total. The summed E-state index contributed by atoms with van der Waals surface area (Å²) in [4.78, 5) is 4.25. The van der Waals surface area contributed by atoms with E-state index >= 15 is 0 Å². The fraction of sp³-hybridized carbons (Fsp3) is 0.0526. The maximum Gasteiger partial charge on any atom is 0.227 e. The Labute approximate surface area is 154 Å². The number of benzene rings is 2. The molecule has 1 aliphatic heterocycles. The number of ether oxygens (including phenoxy) is 1. The van der Waals surface area contributed by atoms with Gasteiger partial charge in [-0.25, -0.2) is 0 Å². The second-order valence-corrected chi connectivity index (χ2v) is 6.38. The van der Waals surface area contributed by atoms with Crippen molar-refractivity contribution in [2.24, 2.45) is 0 Å². The molecule has 7 heteroatoms. The molecule has 0 aliphatic carbocycles. The zero-order valence-corrected chi connectivity index (χ0v) is 14.3. The van der Waals surface area contributed by atoms with Gasteiger partial charge in [-0.05, 0) is 17.7 Å². The third kappa shape index (κ3) is 2.30. The number of nitriles is 1. The molecule has 1 aliphatic rings. The summed E-state index contributed by atoms with van der Waals surface area (Å²) in [7, 11) is 0. The van der Waals surface area contributed by atoms with Crippen LogP contribution in [-0.4, -0.2) is 4.98 Å². The van der Waals surface area contributed by atoms with E-state index in [1.807, 2.05) is 30.3 Å². The number of nitrogen functional groups attached to an aromatic ring is 3. The van der Waals surface area contributed by atoms with Crippen LogP contribution in [0.3, 0.4) is 0 Å². The maximum atomic E-state index is 9.41. The van der Waals surface area contributed by atoms with Gasteiger partial charge in [0.1, 0.15) is 23.2 Å². The summed E-state index contributed by atoms with van der Waals surface area (Å²) < 4.78 is 5.91. The molecule has 0 bridgehead atoms. The van der Waals surface area contributed by atoms with Crippen molar-refractivity contribution < 1.29 is 4.74 Å². The minimum absolute atomic E-state index is 0.0222. The highest BCUT2D eigenvalue weighted by Gasteiger charge is 2.34. The summed E-state index contributed by atoms with van der Waals surface area (Å²) >= 11 is 6.46. The molecule has 0 saturated carbocycles. The lowest BCUT2D eigenvalue weighted by Gasteiger charge is -2.30. The number of aromatic nitrogens is 1. The van der Waals surface area contributed by atoms with Gasteiger partial charge in [-0.1, -0.05) is 35.9 Å². The predicted molar refractivity (Wildman–Crippen MR) is 101 cm³/mol. The Morgan fingerprint density at radius 1 is 1.08 bits per heavy atom. The number of anilines is 3. The highest BCUT2D eigenvalue weighted by atomic mass is 35.5. The van der Waals surface area contributed by atoms with Crippen molar-refractivity contribution in [3.8, 4) is 17.7 Å². The minimum atomic E-state index is -0.358. The normalized spacial score (nSPS) is 14.7. The molecule has 0 radical (unpaired) electrons. The molecule has 0 saturated heterocycles. The van der Waals surface area contributed by atoms with Crippen molar-refractivity contribution in [2.45, 2.75) is 5.92 Å². The first-order valence-corrected chi connectivity index (χ1v) is 8.19. The van der Waals surface area contributed by atoms with Crippen molar-refractivity contribution in [1.82, 2.24) is 4.98 Å². The molecule has 0 fully saturated rings. The van der Waals surface area contributed by atoms with Crippen LogP contribution in [0.1, 0.15) is 28.2 Å². The number of hydrogen-bond acceptors (Lipinski definition) is 6. The van der Waals surface area contributed by atoms with E-state index in [2.05, 4.69) is 4.98 Å². The van der Waals surface area contributed by atoms with E-state index < -0.39 is 0 Å². The molecule has 6 nitrogen and oxygen atoms in total. The van der Waals surface area contributed by atoms with Crippen molar-refractivity contribution >= 4 is 28.8 Å². The third-order valence-corrected chi connectivity index (χ3v) is 4.78. The topological polar surface area (TPSA) is 124 Å². The van der Waals surface area contributed by atoms with E-state index in [0.29, 0.717) is 22.0 Å². The summed E-state index contributed by atoms with van der Waals surface area (Å²) in [5, 5.41) is 9.98. The van der Waals surface area contributed by atoms with Crippen molar-refractivity contribution in [3.63, 3.8) is 0 Å². The van der Waals surface area contributed by atoms with Crippen LogP contribution in [0.25, 0.3) is 0 Å². The third-order valence-electron chi connectivity index (χ3n) is 4.44. The first-order chi connectivity index (χ1) is 12.5. The molecular weight excluding hydrogens is 350 g/mol. The molecule has 4 rings (SSSR count). The molecule has 128 valence electrons. The summed E-state index contributed by atoms with van der Waals surface area (Å²) in [6.07, 6.45) is 0. The molecule has 0 spiro atoms. The van der Waals surface area contributed by atoms with Crippen LogP contribution in [0.2, 0.25) is 5.02 Å². The Bertz CT molecular complexity index is 1090. The van der Waals surface area contributed by atoms with Crippen LogP contribution >= 0.6 is 11.6 Å². The fourth-order valence-electron chi connectivity index (χ4n) is 3.26. The zero-order chi connectivity index (χ0) is 18.4. The van der Waals surface area contributed by atoms with Gasteiger partial charge in [-0.15, -0.1) is 0 Å². The Hall–Kier alpha value is -3.43. The smallest absolute Gasteiger partial charge is 0.227 e. The molecule has 26 heavy (non-hydrogen) atoms. The largest absolute Gasteiger partial charge is 0.438 e. The monoisotopic (exact) mass is 363 g/mol. The number of nitrogens with zero attached hydrogens (tertiary/aromatic N) is 2. The standard InChI is InChI=1S/C19H14ClN5O/c20-13-4-2-1-3-10(13)15-11-6-5-9(22)7-14(11)26-19-16(15)17(23)12(8-21)18(24)25-19/h1-7,15H,22H2,(H4,23,24,25). The first kappa shape index (κ1) is 16.1. The Kier molecular flexibility index (Phi) is 3.60. The first-order valence-electron chi connectivity index (χ1n) is 7.82. The minimum Gasteiger partial charge on any atom is -0.438 e. The van der Waals surface area contributed by atoms with Gasteiger partial charge in [-0.3, -0.25) is 0 Å². The van der Waals surface area contributed by atoms with E-state index in [1.54, 1.807) is 18.2 Å². The van der Waals surface area contributed by atoms with Gasteiger partial charge in [0.2, 0.25) is 5.88 Å². The second-order valence-electron chi connectivity index (χ2n) is 5.97. The van der Waals surface area contributed by atoms with Crippen LogP contribution < -0.4 is 21.9 Å². The summed E-state index contributed by atoms with van der Waals surface area (Å²) in [6, 6.07) is 14.8. The Balaban J connectivity index is 2.08. The zero-order valence-electron chi connectivity index (χ0n) is 13.5. The highest BCUT2D eigenvalue weighted by molar-refractivity contribution is 6.31. The SMILES string of the molecule is N#Cc1c(N)nc2c(c1N)C(c1ccccc1Cl)c1ccc(N)cc1O2. The van der Waals surface area contributed by atoms with Crippen LogP contribution in [-0.2, 0) is 0 Å². The number of fused-ring (bicyclic) bond motifs is 2. The highest BCUT2D eigenvalue weighted by Crippen LogP contribution is 2.51. The van der Waals surface area contributed by atoms with Crippen LogP contribution in [0, 0.1) is 11.3 Å². The van der Waals surface area contributed by atoms with E-state index in [-0.39, 0.29) is 28.9 Å². The fourth-order valence-corrected chi connectivity index (χ4v) is 3.50. The lowest BCUT2D eigenvalue weighted by molar-refractivity contribution is 0.435. The van der Waals surface area contributed by atoms with Gasteiger partial charge in [0.05, 0.1) is 11.3 Å². The molecule has 1 atom stereocenters. The van der Waals surface area contributed by atoms with E-state index in [0.717, 1.165) is 11.1 Å². The van der Waals surface area contributed by atoms with Gasteiger partial charge in [0, 0.05) is 28.3 Å². The molecule has 0 amide bonds. The number of hydrogen-bond donors (Lipinski definition) is 3. The van der Waals surface area contributed by atoms with E-state index in [9.17, 15) is 5.26 Å². The lowest BCUT2D eigenvalue weighted by Crippen LogP contribution is -2.17. The summed E-state index contributed by atoms with van der Waals surface area (Å²) in [5.74, 6) is 0.470. The van der Waals surface area contributed by atoms with Gasteiger partial charge < -0.3 is 21.9 Å². The maximum absolute atomic E-state index is 9.41. The Morgan fingerprint density at radius 3 is 2.58 bits per heavy atom. The lowest BCUT2D eigenvalue weighted by atomic mass is 9.82. The second kappa shape index (κ2) is 5.83.